The number of rotatable bonds is 3. The lowest BCUT2D eigenvalue weighted by molar-refractivity contribution is 0.101. The third-order valence-electron chi connectivity index (χ3n) is 3.78. The van der Waals surface area contributed by atoms with Gasteiger partial charge in [-0.25, -0.2) is 4.98 Å². The fourth-order valence-corrected chi connectivity index (χ4v) is 3.83. The molecule has 3 N–H and O–H groups in total. The van der Waals surface area contributed by atoms with Gasteiger partial charge in [-0.05, 0) is 44.5 Å². The molecule has 1 aromatic carbocycles. The highest BCUT2D eigenvalue weighted by atomic mass is 32.1. The number of pyridine rings is 1. The van der Waals surface area contributed by atoms with Crippen LogP contribution in [-0.2, 0) is 0 Å². The molecule has 0 unspecified atom stereocenters. The van der Waals surface area contributed by atoms with Gasteiger partial charge in [-0.3, -0.25) is 9.59 Å². The van der Waals surface area contributed by atoms with E-state index in [-0.39, 0.29) is 11.7 Å². The molecule has 0 aliphatic rings. The van der Waals surface area contributed by atoms with Gasteiger partial charge in [0, 0.05) is 16.6 Å². The number of hydrogen-bond acceptors (Lipinski definition) is 5. The summed E-state index contributed by atoms with van der Waals surface area (Å²) in [5.74, 6) is -0.440. The number of ketones is 1. The zero-order valence-electron chi connectivity index (χ0n) is 13.6. The van der Waals surface area contributed by atoms with Crippen LogP contribution >= 0.6 is 11.3 Å². The number of aromatic nitrogens is 1. The van der Waals surface area contributed by atoms with Crippen LogP contribution in [0, 0.1) is 13.8 Å². The summed E-state index contributed by atoms with van der Waals surface area (Å²) < 4.78 is 0. The van der Waals surface area contributed by atoms with E-state index in [4.69, 9.17) is 5.73 Å². The van der Waals surface area contributed by atoms with Crippen LogP contribution in [0.25, 0.3) is 10.2 Å². The maximum atomic E-state index is 12.7. The Morgan fingerprint density at radius 1 is 1.21 bits per heavy atom. The monoisotopic (exact) mass is 339 g/mol. The number of carbonyl (C=O) groups is 2. The number of nitrogens with zero attached hydrogens (tertiary/aromatic N) is 1. The minimum Gasteiger partial charge on any atom is -0.397 e. The smallest absolute Gasteiger partial charge is 0.267 e. The first-order valence-electron chi connectivity index (χ1n) is 7.46. The van der Waals surface area contributed by atoms with Crippen LogP contribution in [0.15, 0.2) is 30.3 Å². The summed E-state index contributed by atoms with van der Waals surface area (Å²) in [4.78, 5) is 30.0. The fourth-order valence-electron chi connectivity index (χ4n) is 2.72. The minimum absolute atomic E-state index is 0.108. The number of anilines is 2. The number of nitrogen functional groups attached to an aromatic ring is 1. The first-order valence-corrected chi connectivity index (χ1v) is 8.27. The van der Waals surface area contributed by atoms with E-state index in [1.165, 1.54) is 18.3 Å². The van der Waals surface area contributed by atoms with Gasteiger partial charge >= 0.3 is 0 Å². The van der Waals surface area contributed by atoms with Gasteiger partial charge in [-0.2, -0.15) is 0 Å². The molecular formula is C18H17N3O2S. The van der Waals surface area contributed by atoms with Crippen LogP contribution in [0.1, 0.15) is 38.2 Å². The largest absolute Gasteiger partial charge is 0.397 e. The number of nitrogens with two attached hydrogens (primary N) is 1. The number of aryl methyl sites for hydroxylation is 2. The third-order valence-corrected chi connectivity index (χ3v) is 4.88. The molecule has 0 atom stereocenters. The summed E-state index contributed by atoms with van der Waals surface area (Å²) in [5, 5.41) is 3.60. The number of fused-ring (bicyclic) bond motifs is 1. The highest BCUT2D eigenvalue weighted by molar-refractivity contribution is 7.21. The van der Waals surface area contributed by atoms with Gasteiger partial charge < -0.3 is 11.1 Å². The molecule has 1 amide bonds. The Kier molecular flexibility index (Phi) is 4.07. The Balaban J connectivity index is 2.03. The van der Waals surface area contributed by atoms with Crippen molar-refractivity contribution in [1.82, 2.24) is 4.98 Å². The maximum Gasteiger partial charge on any atom is 0.267 e. The van der Waals surface area contributed by atoms with Gasteiger partial charge in [-0.1, -0.05) is 12.1 Å². The van der Waals surface area contributed by atoms with Gasteiger partial charge in [0.05, 0.1) is 11.4 Å². The maximum absolute atomic E-state index is 12.7. The first-order chi connectivity index (χ1) is 11.4. The molecule has 0 aliphatic carbocycles. The van der Waals surface area contributed by atoms with Gasteiger partial charge in [-0.15, -0.1) is 11.3 Å². The van der Waals surface area contributed by atoms with Crippen molar-refractivity contribution in [3.63, 3.8) is 0 Å². The van der Waals surface area contributed by atoms with Crippen molar-refractivity contribution in [1.29, 1.82) is 0 Å². The zero-order chi connectivity index (χ0) is 17.4. The molecule has 0 saturated heterocycles. The van der Waals surface area contributed by atoms with Gasteiger partial charge in [0.2, 0.25) is 0 Å². The Hall–Kier alpha value is -2.73. The van der Waals surface area contributed by atoms with Crippen LogP contribution < -0.4 is 11.1 Å². The molecule has 0 fully saturated rings. The number of Topliss-reactive ketones (excluding diaryl/α,β-unsaturated/α-hetero) is 1. The van der Waals surface area contributed by atoms with Crippen molar-refractivity contribution in [2.75, 3.05) is 11.1 Å². The average Bonchev–Trinajstić information content (AvgIpc) is 2.84. The summed E-state index contributed by atoms with van der Waals surface area (Å²) in [5.41, 5.74) is 9.44. The number of carbonyl (C=O) groups excluding carboxylic acids is 2. The summed E-state index contributed by atoms with van der Waals surface area (Å²) in [6, 6.07) is 8.85. The summed E-state index contributed by atoms with van der Waals surface area (Å²) >= 11 is 1.26. The number of para-hydroxylation sites is 1. The number of amides is 1. The van der Waals surface area contributed by atoms with E-state index in [1.807, 2.05) is 19.9 Å². The van der Waals surface area contributed by atoms with E-state index in [2.05, 4.69) is 10.3 Å². The second kappa shape index (κ2) is 6.05. The molecule has 5 nitrogen and oxygen atoms in total. The van der Waals surface area contributed by atoms with Crippen LogP contribution in [0.2, 0.25) is 0 Å². The molecule has 0 bridgehead atoms. The van der Waals surface area contributed by atoms with Gasteiger partial charge in [0.15, 0.2) is 5.78 Å². The van der Waals surface area contributed by atoms with Crippen LogP contribution in [0.3, 0.4) is 0 Å². The van der Waals surface area contributed by atoms with Gasteiger partial charge in [0.1, 0.15) is 9.71 Å². The topological polar surface area (TPSA) is 85.1 Å². The van der Waals surface area contributed by atoms with Gasteiger partial charge in [0.25, 0.3) is 5.91 Å². The Bertz CT molecular complexity index is 976. The lowest BCUT2D eigenvalue weighted by atomic mass is 10.1. The normalized spacial score (nSPS) is 10.8. The van der Waals surface area contributed by atoms with E-state index in [0.717, 1.165) is 21.5 Å². The zero-order valence-corrected chi connectivity index (χ0v) is 14.5. The number of thiophene rings is 1. The Labute approximate surface area is 143 Å². The highest BCUT2D eigenvalue weighted by Crippen LogP contribution is 2.35. The standard InChI is InChI=1S/C18H17N3O2S/c1-9-8-10(2)20-18-14(9)15(19)16(24-18)17(23)21-13-7-5-4-6-12(13)11(3)22/h4-8H,19H2,1-3H3,(H,21,23). The third kappa shape index (κ3) is 2.76. The Morgan fingerprint density at radius 3 is 2.62 bits per heavy atom. The summed E-state index contributed by atoms with van der Waals surface area (Å²) in [7, 11) is 0. The van der Waals surface area contributed by atoms with Crippen molar-refractivity contribution < 1.29 is 9.59 Å². The molecule has 0 radical (unpaired) electrons. The second-order valence-corrected chi connectivity index (χ2v) is 6.66. The molecule has 122 valence electrons. The molecule has 0 saturated carbocycles. The second-order valence-electron chi connectivity index (χ2n) is 5.66. The number of nitrogens with one attached hydrogen (secondary N) is 1. The Morgan fingerprint density at radius 2 is 1.92 bits per heavy atom. The van der Waals surface area contributed by atoms with Crippen molar-refractivity contribution in [3.8, 4) is 0 Å². The molecular weight excluding hydrogens is 322 g/mol. The molecule has 3 rings (SSSR count). The summed E-state index contributed by atoms with van der Waals surface area (Å²) in [6.45, 7) is 5.33. The minimum atomic E-state index is -0.332. The number of benzene rings is 1. The van der Waals surface area contributed by atoms with Crippen LogP contribution in [0.4, 0.5) is 11.4 Å². The van der Waals surface area contributed by atoms with E-state index in [1.54, 1.807) is 24.3 Å². The first kappa shape index (κ1) is 16.1. The molecule has 3 aromatic rings. The predicted molar refractivity (Wildman–Crippen MR) is 97.9 cm³/mol. The highest BCUT2D eigenvalue weighted by Gasteiger charge is 2.20. The van der Waals surface area contributed by atoms with Crippen LogP contribution in [0.5, 0.6) is 0 Å². The van der Waals surface area contributed by atoms with Crippen molar-refractivity contribution >= 4 is 44.6 Å². The van der Waals surface area contributed by atoms with Crippen molar-refractivity contribution in [2.45, 2.75) is 20.8 Å². The summed E-state index contributed by atoms with van der Waals surface area (Å²) in [6.07, 6.45) is 0. The molecule has 2 aromatic heterocycles. The van der Waals surface area contributed by atoms with E-state index >= 15 is 0 Å². The SMILES string of the molecule is CC(=O)c1ccccc1NC(=O)c1sc2nc(C)cc(C)c2c1N. The average molecular weight is 339 g/mol. The van der Waals surface area contributed by atoms with E-state index < -0.39 is 0 Å². The quantitative estimate of drug-likeness (QED) is 0.708. The lowest BCUT2D eigenvalue weighted by Crippen LogP contribution is -2.14. The lowest BCUT2D eigenvalue weighted by Gasteiger charge is -2.08. The predicted octanol–water partition coefficient (Wildman–Crippen LogP) is 3.95. The van der Waals surface area contributed by atoms with Crippen molar-refractivity contribution in [3.05, 3.63) is 52.0 Å². The van der Waals surface area contributed by atoms with E-state index in [0.29, 0.717) is 21.8 Å². The molecule has 6 heteroatoms. The molecule has 2 heterocycles. The fraction of sp³-hybridized carbons (Fsp3) is 0.167. The van der Waals surface area contributed by atoms with E-state index in [9.17, 15) is 9.59 Å². The number of hydrogen-bond donors (Lipinski definition) is 2. The molecule has 0 spiro atoms. The molecule has 24 heavy (non-hydrogen) atoms. The van der Waals surface area contributed by atoms with Crippen molar-refractivity contribution in [2.24, 2.45) is 0 Å². The van der Waals surface area contributed by atoms with Crippen LogP contribution in [-0.4, -0.2) is 16.7 Å². The molecule has 0 aliphatic heterocycles.